The van der Waals surface area contributed by atoms with Crippen molar-refractivity contribution in [2.75, 3.05) is 18.6 Å². The number of rotatable bonds is 4. The molecule has 2 rings (SSSR count). The highest BCUT2D eigenvalue weighted by Gasteiger charge is 2.39. The lowest BCUT2D eigenvalue weighted by molar-refractivity contribution is 0.0221. The van der Waals surface area contributed by atoms with E-state index in [2.05, 4.69) is 35.3 Å². The Kier molecular flexibility index (Phi) is 4.10. The van der Waals surface area contributed by atoms with Gasteiger partial charge >= 0.3 is 0 Å². The predicted molar refractivity (Wildman–Crippen MR) is 68.3 cm³/mol. The molecule has 15 heavy (non-hydrogen) atoms. The van der Waals surface area contributed by atoms with Crippen molar-refractivity contribution in [3.63, 3.8) is 0 Å². The molecule has 5 heteroatoms. The van der Waals surface area contributed by atoms with Gasteiger partial charge in [-0.2, -0.15) is 22.1 Å². The Bertz CT molecular complexity index is 260. The van der Waals surface area contributed by atoms with Crippen LogP contribution < -0.4 is 0 Å². The van der Waals surface area contributed by atoms with Gasteiger partial charge in [0.2, 0.25) is 0 Å². The van der Waals surface area contributed by atoms with Gasteiger partial charge in [0.1, 0.15) is 6.23 Å². The topological polar surface area (TPSA) is 24.8 Å². The van der Waals surface area contributed by atoms with E-state index in [9.17, 15) is 0 Å². The Morgan fingerprint density at radius 1 is 1.67 bits per heavy atom. The molecule has 4 unspecified atom stereocenters. The van der Waals surface area contributed by atoms with Crippen molar-refractivity contribution in [1.29, 1.82) is 0 Å². The third kappa shape index (κ3) is 2.75. The van der Waals surface area contributed by atoms with Crippen LogP contribution in [0, 0.1) is 0 Å². The Labute approximate surface area is 100 Å². The fourth-order valence-electron chi connectivity index (χ4n) is 2.06. The molecular weight excluding hydrogens is 228 g/mol. The van der Waals surface area contributed by atoms with Crippen LogP contribution in [0.25, 0.3) is 0 Å². The molecule has 2 aliphatic heterocycles. The molecule has 0 radical (unpaired) electrons. The molecular formula is C10H20N2OS2. The summed E-state index contributed by atoms with van der Waals surface area (Å²) in [5, 5.41) is 2.51. The van der Waals surface area contributed by atoms with Crippen LogP contribution in [0.3, 0.4) is 0 Å². The summed E-state index contributed by atoms with van der Waals surface area (Å²) < 4.78 is 10.5. The lowest BCUT2D eigenvalue weighted by atomic mass is 10.1. The van der Waals surface area contributed by atoms with E-state index in [1.54, 1.807) is 0 Å². The average Bonchev–Trinajstić information content (AvgIpc) is 2.70. The summed E-state index contributed by atoms with van der Waals surface area (Å²) >= 11 is 4.63. The second kappa shape index (κ2) is 5.17. The van der Waals surface area contributed by atoms with Crippen molar-refractivity contribution in [2.24, 2.45) is 4.47 Å². The Hall–Kier alpha value is 0.420. The number of fused-ring (bicyclic) bond motifs is 1. The molecule has 0 aliphatic carbocycles. The molecule has 0 aromatic rings. The van der Waals surface area contributed by atoms with Crippen LogP contribution in [-0.4, -0.2) is 41.1 Å². The molecule has 3 nitrogen and oxygen atoms in total. The van der Waals surface area contributed by atoms with Gasteiger partial charge in [0, 0.05) is 11.0 Å². The van der Waals surface area contributed by atoms with Crippen LogP contribution in [0.2, 0.25) is 0 Å². The zero-order valence-electron chi connectivity index (χ0n) is 9.43. The summed E-state index contributed by atoms with van der Waals surface area (Å²) in [4.78, 5) is 0. The number of ether oxygens (including phenoxy) is 1. The zero-order chi connectivity index (χ0) is 10.8. The van der Waals surface area contributed by atoms with Gasteiger partial charge in [0.05, 0.1) is 12.6 Å². The van der Waals surface area contributed by atoms with E-state index in [4.69, 9.17) is 4.74 Å². The molecule has 1 fully saturated rings. The summed E-state index contributed by atoms with van der Waals surface area (Å²) in [5.74, 6) is 1.07. The number of nitrogens with zero attached hydrogens (tertiary/aromatic N) is 2. The smallest absolute Gasteiger partial charge is 0.140 e. The maximum Gasteiger partial charge on any atom is 0.140 e. The third-order valence-electron chi connectivity index (χ3n) is 2.94. The maximum atomic E-state index is 5.98. The van der Waals surface area contributed by atoms with E-state index in [0.29, 0.717) is 5.25 Å². The van der Waals surface area contributed by atoms with E-state index in [-0.39, 0.29) is 23.0 Å². The minimum absolute atomic E-state index is 0.186. The van der Waals surface area contributed by atoms with E-state index < -0.39 is 0 Å². The maximum absolute atomic E-state index is 5.98. The second-order valence-electron chi connectivity index (χ2n) is 4.31. The molecule has 4 atom stereocenters. The van der Waals surface area contributed by atoms with Crippen molar-refractivity contribution in [1.82, 2.24) is 5.01 Å². The summed E-state index contributed by atoms with van der Waals surface area (Å²) in [6.45, 7) is 3.16. The van der Waals surface area contributed by atoms with Gasteiger partial charge in [-0.15, -0.1) is 0 Å². The van der Waals surface area contributed by atoms with Gasteiger partial charge in [0.25, 0.3) is 0 Å². The Balaban J connectivity index is 1.83. The number of unbranched alkanes of at least 4 members (excludes halogenated alkanes) is 1. The summed E-state index contributed by atoms with van der Waals surface area (Å²) in [6.07, 6.45) is 6.34. The van der Waals surface area contributed by atoms with E-state index in [1.165, 1.54) is 12.8 Å². The first-order valence-corrected chi connectivity index (χ1v) is 7.92. The summed E-state index contributed by atoms with van der Waals surface area (Å²) in [6, 6.07) is 0. The SMILES string of the molecule is CCCCC(S)C1CN2N=S(C)CC2O1. The zero-order valence-corrected chi connectivity index (χ0v) is 11.1. The monoisotopic (exact) mass is 248 g/mol. The number of hydrogen-bond acceptors (Lipinski definition) is 4. The third-order valence-corrected chi connectivity index (χ3v) is 4.79. The minimum atomic E-state index is 0.186. The first kappa shape index (κ1) is 11.9. The molecule has 0 spiro atoms. The largest absolute Gasteiger partial charge is 0.355 e. The van der Waals surface area contributed by atoms with Crippen LogP contribution >= 0.6 is 12.6 Å². The highest BCUT2D eigenvalue weighted by atomic mass is 32.2. The lowest BCUT2D eigenvalue weighted by Gasteiger charge is -2.17. The Morgan fingerprint density at radius 2 is 2.47 bits per heavy atom. The average molecular weight is 248 g/mol. The van der Waals surface area contributed by atoms with Gasteiger partial charge in [0.15, 0.2) is 0 Å². The highest BCUT2D eigenvalue weighted by Crippen LogP contribution is 2.28. The fraction of sp³-hybridized carbons (Fsp3) is 1.00. The molecule has 88 valence electrons. The van der Waals surface area contributed by atoms with E-state index in [1.807, 2.05) is 0 Å². The van der Waals surface area contributed by atoms with Crippen molar-refractivity contribution in [2.45, 2.75) is 43.8 Å². The van der Waals surface area contributed by atoms with Gasteiger partial charge < -0.3 is 4.74 Å². The molecule has 0 aromatic carbocycles. The summed E-state index contributed by atoms with van der Waals surface area (Å²) in [7, 11) is 0.186. The molecule has 1 saturated heterocycles. The van der Waals surface area contributed by atoms with Crippen molar-refractivity contribution in [3.05, 3.63) is 0 Å². The molecule has 0 saturated carbocycles. The van der Waals surface area contributed by atoms with E-state index in [0.717, 1.165) is 18.7 Å². The van der Waals surface area contributed by atoms with Crippen LogP contribution in [0.5, 0.6) is 0 Å². The second-order valence-corrected chi connectivity index (χ2v) is 6.67. The number of thiol groups is 1. The van der Waals surface area contributed by atoms with Gasteiger partial charge in [-0.1, -0.05) is 30.5 Å². The Morgan fingerprint density at radius 3 is 3.13 bits per heavy atom. The normalized spacial score (nSPS) is 37.7. The highest BCUT2D eigenvalue weighted by molar-refractivity contribution is 7.86. The molecule has 2 aliphatic rings. The first-order chi connectivity index (χ1) is 7.20. The molecule has 0 bridgehead atoms. The lowest BCUT2D eigenvalue weighted by Crippen LogP contribution is -2.25. The molecule has 2 heterocycles. The van der Waals surface area contributed by atoms with Gasteiger partial charge in [-0.3, -0.25) is 0 Å². The fourth-order valence-corrected chi connectivity index (χ4v) is 3.67. The van der Waals surface area contributed by atoms with E-state index >= 15 is 0 Å². The van der Waals surface area contributed by atoms with Crippen molar-refractivity contribution < 1.29 is 4.74 Å². The van der Waals surface area contributed by atoms with Crippen LogP contribution in [0.15, 0.2) is 4.47 Å². The van der Waals surface area contributed by atoms with Gasteiger partial charge in [-0.25, -0.2) is 0 Å². The molecule has 0 N–H and O–H groups in total. The summed E-state index contributed by atoms with van der Waals surface area (Å²) in [5.41, 5.74) is 0. The quantitative estimate of drug-likeness (QED) is 0.768. The van der Waals surface area contributed by atoms with Crippen LogP contribution in [-0.2, 0) is 15.4 Å². The van der Waals surface area contributed by atoms with Crippen molar-refractivity contribution >= 4 is 23.3 Å². The first-order valence-electron chi connectivity index (χ1n) is 5.65. The van der Waals surface area contributed by atoms with Crippen LogP contribution in [0.4, 0.5) is 0 Å². The minimum Gasteiger partial charge on any atom is -0.355 e. The van der Waals surface area contributed by atoms with Crippen LogP contribution in [0.1, 0.15) is 26.2 Å². The predicted octanol–water partition coefficient (Wildman–Crippen LogP) is 1.86. The molecule has 0 aromatic heterocycles. The molecule has 0 amide bonds. The van der Waals surface area contributed by atoms with Crippen molar-refractivity contribution in [3.8, 4) is 0 Å². The van der Waals surface area contributed by atoms with Gasteiger partial charge in [-0.05, 0) is 12.7 Å². The standard InChI is InChI=1S/C10H20N2OS2/c1-3-4-5-9(14)8-6-12-10(13-8)7-15(2)11-12/h8-10,14H,3-7H2,1-2H3. The number of hydrogen-bond donors (Lipinski definition) is 1.